The fourth-order valence-electron chi connectivity index (χ4n) is 15.0. The first-order chi connectivity index (χ1) is 68.0. The molecular weight excluding hydrogens is 1800 g/mol. The van der Waals surface area contributed by atoms with Gasteiger partial charge in [0.1, 0.15) is 34.7 Å². The number of aryl methyl sites for hydroxylation is 3. The molecule has 31 nitrogen and oxygen atoms in total. The molecule has 798 valence electrons. The van der Waals surface area contributed by atoms with E-state index in [-0.39, 0.29) is 75.9 Å². The number of ketones is 8. The number of benzene rings is 4. The lowest BCUT2D eigenvalue weighted by Gasteiger charge is -2.36. The van der Waals surface area contributed by atoms with E-state index in [9.17, 15) is 67.1 Å². The minimum Gasteiger partial charge on any atom is -0.379 e. The number of carbonyl (C=O) groups is 14. The Kier molecular flexibility index (Phi) is 80.3. The van der Waals surface area contributed by atoms with Gasteiger partial charge in [-0.2, -0.15) is 0 Å². The van der Waals surface area contributed by atoms with Crippen molar-refractivity contribution in [3.05, 3.63) is 144 Å². The molecule has 3 aliphatic rings. The first-order valence-corrected chi connectivity index (χ1v) is 51.6. The third-order valence-corrected chi connectivity index (χ3v) is 23.1. The van der Waals surface area contributed by atoms with Gasteiger partial charge in [-0.25, -0.2) is 0 Å². The molecule has 142 heavy (non-hydrogen) atoms. The van der Waals surface area contributed by atoms with Crippen molar-refractivity contribution >= 4 is 104 Å². The van der Waals surface area contributed by atoms with E-state index in [1.807, 2.05) is 98.9 Å². The van der Waals surface area contributed by atoms with Gasteiger partial charge in [0.25, 0.3) is 0 Å². The van der Waals surface area contributed by atoms with Crippen LogP contribution >= 0.6 is 0 Å². The van der Waals surface area contributed by atoms with Crippen molar-refractivity contribution in [3.63, 3.8) is 0 Å². The molecule has 1 saturated heterocycles. The molecule has 7 rings (SSSR count). The van der Waals surface area contributed by atoms with Gasteiger partial charge in [-0.1, -0.05) is 94.3 Å². The van der Waals surface area contributed by atoms with E-state index >= 15 is 0 Å². The number of hydrogen-bond acceptors (Lipinski definition) is 25. The summed E-state index contributed by atoms with van der Waals surface area (Å²) in [6.07, 6.45) is 33.5. The van der Waals surface area contributed by atoms with Gasteiger partial charge >= 0.3 is 0 Å². The number of piperazine rings is 1. The van der Waals surface area contributed by atoms with Gasteiger partial charge in [0.15, 0.2) is 11.6 Å². The van der Waals surface area contributed by atoms with E-state index in [2.05, 4.69) is 123 Å². The van der Waals surface area contributed by atoms with Crippen molar-refractivity contribution in [2.75, 3.05) is 188 Å². The summed E-state index contributed by atoms with van der Waals surface area (Å²) in [6.45, 7) is 32.8. The third-order valence-electron chi connectivity index (χ3n) is 23.1. The summed E-state index contributed by atoms with van der Waals surface area (Å²) in [5.74, 6) is 3.28. The summed E-state index contributed by atoms with van der Waals surface area (Å²) < 4.78 is 10.7. The first kappa shape index (κ1) is 132. The number of hydrogen-bond donors (Lipinski definition) is 11. The number of nitrogens with one attached hydrogen (secondary N) is 11. The Balaban J connectivity index is 0.00000161. The van der Waals surface area contributed by atoms with Crippen LogP contribution in [0.1, 0.15) is 259 Å². The van der Waals surface area contributed by atoms with Gasteiger partial charge in [-0.05, 0) is 328 Å². The zero-order valence-corrected chi connectivity index (χ0v) is 89.9. The van der Waals surface area contributed by atoms with Gasteiger partial charge < -0.3 is 107 Å². The maximum absolute atomic E-state index is 11.5. The topological polar surface area (TPSA) is 403 Å². The highest BCUT2D eigenvalue weighted by atomic mass is 16.5. The third kappa shape index (κ3) is 78.5. The second kappa shape index (κ2) is 86.4. The number of ether oxygens (including phenoxy) is 2. The van der Waals surface area contributed by atoms with Crippen LogP contribution in [0.5, 0.6) is 0 Å². The van der Waals surface area contributed by atoms with E-state index in [1.165, 1.54) is 42.5 Å². The van der Waals surface area contributed by atoms with E-state index in [0.29, 0.717) is 121 Å². The van der Waals surface area contributed by atoms with Crippen molar-refractivity contribution in [2.24, 2.45) is 11.8 Å². The summed E-state index contributed by atoms with van der Waals surface area (Å²) in [4.78, 5) is 164. The molecule has 0 aromatic heterocycles. The van der Waals surface area contributed by atoms with Crippen LogP contribution in [0.15, 0.2) is 121 Å². The van der Waals surface area contributed by atoms with Crippen LogP contribution in [0, 0.1) is 11.8 Å². The standard InChI is InChI=1S/C19H29N3O2.C15H22N2O2.C14H26N2O2.C14H20N2O2.C13H24N2O2.C13H18N2O2.C13H25NO3.C10H19NO/c1-3-4-19(24)20-15-17-5-7-18(8-6-17)22-13-11-21(12-14-22)10-9-16(2)23;1-12(18)5-3-4-6-13-7-9-14(10-8-13)17-15(19)11-16-2;2*1-11(17)4-3-5-12-6-8-13(9-7-12)16-14(18)10-15-2;2*1-10(16)3-4-11-5-7-12(8-6-11)15-13(17)9-14-2;1-4-9-16-11-12-17-10-8-14(3)7-5-6-13(2)15;1-4-5-8-11(3)9-6-7-10(2)12/h5-8H,3-4,9-15H2,1-2H3,(H,20,24);7-10,16H,3-6,11H2,1-2H3,(H,17,19);12-13,15H,3-10H2,1-2H3,(H,16,18);6-9,15H,3-5,10H2,1-2H3,(H,16,18);11-12,14H,3-9H2,1-2H3,(H,15,17);5-8,14H,3-4,9H2,1-2H3,(H,15,17);5-6H,4,7-12H2,1-3H3;6-7H,4-5,8-9H2,1-3H3/b;;;;;;6-5+;7-6+. The molecule has 3 fully saturated rings. The summed E-state index contributed by atoms with van der Waals surface area (Å²) in [7, 11) is 12.8. The molecule has 11 N–H and O–H groups in total. The average Bonchev–Trinajstić information content (AvgIpc) is 0.893. The Morgan fingerprint density at radius 1 is 0.352 bits per heavy atom. The molecule has 2 aliphatic carbocycles. The summed E-state index contributed by atoms with van der Waals surface area (Å²) >= 11 is 0. The average molecular weight is 1980 g/mol. The van der Waals surface area contributed by atoms with Crippen molar-refractivity contribution in [1.29, 1.82) is 0 Å². The number of carbonyl (C=O) groups excluding carboxylic acids is 14. The fraction of sp³-hybridized carbons (Fsp3) is 0.622. The molecule has 1 aliphatic heterocycles. The highest BCUT2D eigenvalue weighted by Crippen LogP contribution is 2.30. The zero-order chi connectivity index (χ0) is 106. The first-order valence-electron chi connectivity index (χ1n) is 51.6. The summed E-state index contributed by atoms with van der Waals surface area (Å²) in [5, 5.41) is 31.5. The normalized spacial score (nSPS) is 14.7. The van der Waals surface area contributed by atoms with E-state index in [0.717, 1.165) is 215 Å². The molecule has 4 aromatic rings. The van der Waals surface area contributed by atoms with E-state index in [4.69, 9.17) is 9.47 Å². The van der Waals surface area contributed by atoms with Gasteiger partial charge in [0.05, 0.1) is 52.5 Å². The number of likely N-dealkylation sites (N-methyl/N-ethyl adjacent to an activating group) is 7. The Labute approximate surface area is 852 Å². The molecule has 1 heterocycles. The minimum atomic E-state index is -0.0658. The van der Waals surface area contributed by atoms with Crippen LogP contribution in [0.2, 0.25) is 0 Å². The van der Waals surface area contributed by atoms with Crippen molar-refractivity contribution in [3.8, 4) is 0 Å². The molecule has 0 radical (unpaired) electrons. The van der Waals surface area contributed by atoms with E-state index in [1.54, 1.807) is 103 Å². The van der Waals surface area contributed by atoms with Gasteiger partial charge in [-0.15, -0.1) is 0 Å². The predicted molar refractivity (Wildman–Crippen MR) is 577 cm³/mol. The fourth-order valence-corrected chi connectivity index (χ4v) is 15.0. The number of allylic oxidation sites excluding steroid dienone is 2. The number of unbranched alkanes of at least 4 members (excludes halogenated alkanes) is 2. The van der Waals surface area contributed by atoms with Gasteiger partial charge in [0.2, 0.25) is 35.4 Å². The number of nitrogens with zero attached hydrogens (tertiary/aromatic N) is 4. The Morgan fingerprint density at radius 3 is 1.13 bits per heavy atom. The van der Waals surface area contributed by atoms with E-state index < -0.39 is 0 Å². The van der Waals surface area contributed by atoms with Crippen LogP contribution < -0.4 is 63.4 Å². The number of anilines is 4. The monoisotopic (exact) mass is 1980 g/mol. The molecule has 6 amide bonds. The molecule has 0 bridgehead atoms. The smallest absolute Gasteiger partial charge is 0.238 e. The maximum Gasteiger partial charge on any atom is 0.238 e. The number of Topliss-reactive ketones (excluding diaryl/α,β-unsaturated/α-hetero) is 6. The SMILES string of the molecule is CCCC(=O)NCc1ccc(N2CCN(CCC(C)=O)CC2)cc1.CCCCN(C)C/C=C/C(C)=O.CCCOCCOCCN(C)C/C=C/C(C)=O.CNCC(=O)NC1CCC(CCC(C)=O)CC1.CNCC(=O)NC1CCC(CCCC(C)=O)CC1.CNCC(=O)Nc1ccc(CCC(C)=O)cc1.CNCC(=O)Nc1ccc(CCCC(C)=O)cc1.CNCC(=O)Nc1ccc(CCCCC(C)=O)cc1. The maximum atomic E-state index is 11.5. The van der Waals surface area contributed by atoms with Crippen LogP contribution in [0.4, 0.5) is 22.7 Å². The molecule has 2 saturated carbocycles. The second-order valence-corrected chi connectivity index (χ2v) is 37.1. The molecule has 31 heteroatoms. The molecule has 4 aromatic carbocycles. The van der Waals surface area contributed by atoms with Gasteiger partial charge in [-0.3, -0.25) is 48.1 Å². The molecule has 0 atom stereocenters. The predicted octanol–water partition coefficient (Wildman–Crippen LogP) is 13.7. The van der Waals surface area contributed by atoms with Crippen LogP contribution in [-0.4, -0.2) is 276 Å². The van der Waals surface area contributed by atoms with Crippen molar-refractivity contribution in [2.45, 2.75) is 275 Å². The molecule has 0 spiro atoms. The second-order valence-electron chi connectivity index (χ2n) is 37.1. The highest BCUT2D eigenvalue weighted by Gasteiger charge is 2.25. The van der Waals surface area contributed by atoms with Crippen molar-refractivity contribution < 1.29 is 76.6 Å². The lowest BCUT2D eigenvalue weighted by molar-refractivity contribution is -0.122. The Bertz CT molecular complexity index is 4180. The largest absolute Gasteiger partial charge is 0.379 e. The highest BCUT2D eigenvalue weighted by molar-refractivity contribution is 5.94. The molecular formula is C111H183N15O16. The van der Waals surface area contributed by atoms with Gasteiger partial charge in [0, 0.05) is 145 Å². The minimum absolute atomic E-state index is 0.0447. The lowest BCUT2D eigenvalue weighted by atomic mass is 9.83. The Morgan fingerprint density at radius 2 is 0.732 bits per heavy atom. The zero-order valence-electron chi connectivity index (χ0n) is 89.9. The quantitative estimate of drug-likeness (QED) is 0.0144. The van der Waals surface area contributed by atoms with Crippen molar-refractivity contribution in [1.82, 2.24) is 57.2 Å². The lowest BCUT2D eigenvalue weighted by Crippen LogP contribution is -2.46. The Hall–Kier alpha value is -10.1. The van der Waals surface area contributed by atoms with Crippen LogP contribution in [-0.2, 0) is 102 Å². The van der Waals surface area contributed by atoms with Crippen LogP contribution in [0.25, 0.3) is 0 Å². The number of rotatable bonds is 59. The number of amides is 6. The summed E-state index contributed by atoms with van der Waals surface area (Å²) in [6, 6.07) is 32.3. The van der Waals surface area contributed by atoms with Crippen LogP contribution in [0.3, 0.4) is 0 Å². The summed E-state index contributed by atoms with van der Waals surface area (Å²) in [5.41, 5.74) is 8.26. The molecule has 0 unspecified atom stereocenters.